The van der Waals surface area contributed by atoms with E-state index < -0.39 is 34.4 Å². The normalized spacial score (nSPS) is 39.3. The van der Waals surface area contributed by atoms with Crippen molar-refractivity contribution < 1.29 is 14.5 Å². The molecule has 0 heterocycles. The zero-order chi connectivity index (χ0) is 11.2. The van der Waals surface area contributed by atoms with Gasteiger partial charge in [0.2, 0.25) is 11.6 Å². The summed E-state index contributed by atoms with van der Waals surface area (Å²) in [6.07, 6.45) is 4.15. The monoisotopic (exact) mass is 209 g/mol. The number of carbonyl (C=O) groups is 2. The van der Waals surface area contributed by atoms with Crippen LogP contribution in [0.1, 0.15) is 13.3 Å². The van der Waals surface area contributed by atoms with E-state index in [4.69, 9.17) is 0 Å². The summed E-state index contributed by atoms with van der Waals surface area (Å²) >= 11 is 0. The maximum Gasteiger partial charge on any atom is 0.328 e. The fraction of sp³-hybridized carbons (Fsp3) is 0.600. The van der Waals surface area contributed by atoms with Crippen LogP contribution in [0.5, 0.6) is 0 Å². The van der Waals surface area contributed by atoms with E-state index in [0.29, 0.717) is 6.42 Å². The van der Waals surface area contributed by atoms with Crippen LogP contribution in [-0.4, -0.2) is 22.5 Å². The van der Waals surface area contributed by atoms with Gasteiger partial charge in [0.25, 0.3) is 0 Å². The average Bonchev–Trinajstić information content (AvgIpc) is 2.40. The molecule has 2 aliphatic rings. The quantitative estimate of drug-likeness (QED) is 0.274. The Labute approximate surface area is 86.3 Å². The van der Waals surface area contributed by atoms with Crippen molar-refractivity contribution in [1.82, 2.24) is 0 Å². The van der Waals surface area contributed by atoms with Gasteiger partial charge in [0.1, 0.15) is 0 Å². The van der Waals surface area contributed by atoms with Crippen molar-refractivity contribution in [3.63, 3.8) is 0 Å². The van der Waals surface area contributed by atoms with Gasteiger partial charge in [-0.1, -0.05) is 19.1 Å². The summed E-state index contributed by atoms with van der Waals surface area (Å²) in [4.78, 5) is 33.2. The molecule has 5 heteroatoms. The minimum atomic E-state index is -1.61. The number of ketones is 2. The van der Waals surface area contributed by atoms with Crippen molar-refractivity contribution in [2.75, 3.05) is 0 Å². The van der Waals surface area contributed by atoms with E-state index in [1.54, 1.807) is 0 Å². The first kappa shape index (κ1) is 10.0. The molecule has 0 N–H and O–H groups in total. The summed E-state index contributed by atoms with van der Waals surface area (Å²) in [5.41, 5.74) is 0. The van der Waals surface area contributed by atoms with E-state index >= 15 is 0 Å². The van der Waals surface area contributed by atoms with E-state index in [9.17, 15) is 19.7 Å². The van der Waals surface area contributed by atoms with E-state index in [0.717, 1.165) is 0 Å². The highest BCUT2D eigenvalue weighted by Gasteiger charge is 2.57. The average molecular weight is 209 g/mol. The lowest BCUT2D eigenvalue weighted by Crippen LogP contribution is -2.32. The number of fused-ring (bicyclic) bond motifs is 1. The van der Waals surface area contributed by atoms with Gasteiger partial charge >= 0.3 is 6.04 Å². The third kappa shape index (κ3) is 1.30. The lowest BCUT2D eigenvalue weighted by Gasteiger charge is -2.22. The van der Waals surface area contributed by atoms with Gasteiger partial charge in [0, 0.05) is 16.8 Å². The molecule has 15 heavy (non-hydrogen) atoms. The zero-order valence-corrected chi connectivity index (χ0v) is 8.25. The Bertz CT molecular complexity index is 374. The highest BCUT2D eigenvalue weighted by atomic mass is 16.6. The van der Waals surface area contributed by atoms with Gasteiger partial charge in [0.15, 0.2) is 0 Å². The Balaban J connectivity index is 2.37. The molecule has 0 saturated heterocycles. The zero-order valence-electron chi connectivity index (χ0n) is 8.25. The molecule has 0 aliphatic heterocycles. The van der Waals surface area contributed by atoms with Crippen LogP contribution in [0.15, 0.2) is 12.2 Å². The summed E-state index contributed by atoms with van der Waals surface area (Å²) in [6, 6.07) is -1.61. The van der Waals surface area contributed by atoms with E-state index in [2.05, 4.69) is 0 Å². The number of hydrogen-bond acceptors (Lipinski definition) is 4. The minimum Gasteiger partial charge on any atom is -0.291 e. The molecule has 0 aromatic carbocycles. The molecular weight excluding hydrogens is 198 g/mol. The number of Topliss-reactive ketones (excluding diaryl/α,β-unsaturated/α-hetero) is 2. The second kappa shape index (κ2) is 3.25. The van der Waals surface area contributed by atoms with Crippen LogP contribution in [0.4, 0.5) is 0 Å². The van der Waals surface area contributed by atoms with Gasteiger partial charge in [-0.15, -0.1) is 0 Å². The highest BCUT2D eigenvalue weighted by Crippen LogP contribution is 2.38. The Morgan fingerprint density at radius 3 is 2.60 bits per heavy atom. The van der Waals surface area contributed by atoms with Crippen molar-refractivity contribution >= 4 is 11.6 Å². The fourth-order valence-corrected chi connectivity index (χ4v) is 2.56. The summed E-state index contributed by atoms with van der Waals surface area (Å²) in [7, 11) is 0. The van der Waals surface area contributed by atoms with Gasteiger partial charge in [-0.3, -0.25) is 19.7 Å². The smallest absolute Gasteiger partial charge is 0.291 e. The molecule has 2 rings (SSSR count). The summed E-state index contributed by atoms with van der Waals surface area (Å²) in [5.74, 6) is -2.02. The van der Waals surface area contributed by atoms with Crippen LogP contribution in [0.25, 0.3) is 0 Å². The molecule has 0 aromatic heterocycles. The van der Waals surface area contributed by atoms with Crippen LogP contribution in [0, 0.1) is 27.9 Å². The van der Waals surface area contributed by atoms with E-state index in [1.165, 1.54) is 0 Å². The van der Waals surface area contributed by atoms with Gasteiger partial charge in [-0.05, 0) is 12.3 Å². The van der Waals surface area contributed by atoms with Crippen LogP contribution in [0.2, 0.25) is 0 Å². The largest absolute Gasteiger partial charge is 0.328 e. The number of nitrogens with zero attached hydrogens (tertiary/aromatic N) is 1. The SMILES string of the molecule is CC1C=CCC2C(=O)C([N+](=O)[O-])C(=O)C12. The molecule has 0 amide bonds. The van der Waals surface area contributed by atoms with Gasteiger partial charge in [-0.25, -0.2) is 0 Å². The van der Waals surface area contributed by atoms with Crippen molar-refractivity contribution in [3.05, 3.63) is 22.3 Å². The van der Waals surface area contributed by atoms with Gasteiger partial charge in [0.05, 0.1) is 0 Å². The molecule has 0 radical (unpaired) electrons. The first-order valence-corrected chi connectivity index (χ1v) is 4.91. The third-order valence-electron chi connectivity index (χ3n) is 3.27. The Morgan fingerprint density at radius 2 is 2.07 bits per heavy atom. The molecule has 1 saturated carbocycles. The second-order valence-electron chi connectivity index (χ2n) is 4.15. The predicted molar refractivity (Wildman–Crippen MR) is 50.7 cm³/mol. The van der Waals surface area contributed by atoms with Crippen LogP contribution in [0.3, 0.4) is 0 Å². The fourth-order valence-electron chi connectivity index (χ4n) is 2.56. The Hall–Kier alpha value is -1.52. The summed E-state index contributed by atoms with van der Waals surface area (Å²) < 4.78 is 0. The Morgan fingerprint density at radius 1 is 1.40 bits per heavy atom. The topological polar surface area (TPSA) is 77.3 Å². The molecule has 0 bridgehead atoms. The third-order valence-corrected chi connectivity index (χ3v) is 3.27. The molecule has 80 valence electrons. The lowest BCUT2D eigenvalue weighted by atomic mass is 9.78. The maximum absolute atomic E-state index is 11.7. The van der Waals surface area contributed by atoms with Crippen LogP contribution < -0.4 is 0 Å². The molecule has 2 aliphatic carbocycles. The number of nitro groups is 1. The Kier molecular flexibility index (Phi) is 2.17. The van der Waals surface area contributed by atoms with Crippen molar-refractivity contribution in [2.45, 2.75) is 19.4 Å². The first-order valence-electron chi connectivity index (χ1n) is 4.91. The van der Waals surface area contributed by atoms with Crippen molar-refractivity contribution in [3.8, 4) is 0 Å². The van der Waals surface area contributed by atoms with Gasteiger partial charge in [-0.2, -0.15) is 0 Å². The summed E-state index contributed by atoms with van der Waals surface area (Å²) in [6.45, 7) is 1.82. The molecule has 5 nitrogen and oxygen atoms in total. The molecule has 1 fully saturated rings. The van der Waals surface area contributed by atoms with E-state index in [1.807, 2.05) is 19.1 Å². The number of carbonyl (C=O) groups excluding carboxylic acids is 2. The molecule has 0 aromatic rings. The second-order valence-corrected chi connectivity index (χ2v) is 4.15. The number of allylic oxidation sites excluding steroid dienone is 2. The van der Waals surface area contributed by atoms with Crippen molar-refractivity contribution in [1.29, 1.82) is 0 Å². The summed E-state index contributed by atoms with van der Waals surface area (Å²) in [5, 5.41) is 10.6. The first-order chi connectivity index (χ1) is 7.04. The lowest BCUT2D eigenvalue weighted by molar-refractivity contribution is -0.492. The number of rotatable bonds is 1. The number of hydrogen-bond donors (Lipinski definition) is 0. The highest BCUT2D eigenvalue weighted by molar-refractivity contribution is 6.14. The minimum absolute atomic E-state index is 0.0647. The standard InChI is InChI=1S/C10H11NO4/c1-5-3-2-4-6-7(5)10(13)8(9(6)12)11(14)15/h2-3,5-8H,4H2,1H3. The van der Waals surface area contributed by atoms with Crippen LogP contribution >= 0.6 is 0 Å². The van der Waals surface area contributed by atoms with Crippen molar-refractivity contribution in [2.24, 2.45) is 17.8 Å². The van der Waals surface area contributed by atoms with Gasteiger partial charge < -0.3 is 0 Å². The van der Waals surface area contributed by atoms with Crippen LogP contribution in [-0.2, 0) is 9.59 Å². The molecular formula is C10H11NO4. The molecule has 4 unspecified atom stereocenters. The van der Waals surface area contributed by atoms with E-state index in [-0.39, 0.29) is 5.92 Å². The predicted octanol–water partition coefficient (Wildman–Crippen LogP) is 0.612. The maximum atomic E-state index is 11.7. The molecule has 0 spiro atoms. The molecule has 4 atom stereocenters.